The number of hydrogen-bond donors (Lipinski definition) is 2. The van der Waals surface area contributed by atoms with Crippen molar-refractivity contribution in [1.29, 1.82) is 0 Å². The molecule has 0 heterocycles. The smallest absolute Gasteiger partial charge is 0.336 e. The molecule has 4 nitrogen and oxygen atoms in total. The van der Waals surface area contributed by atoms with Crippen LogP contribution in [-0.4, -0.2) is 22.5 Å². The zero-order chi connectivity index (χ0) is 14.2. The number of nitrogens with one attached hydrogen (secondary N) is 1. The molecule has 2 rings (SSSR count). The molecule has 0 aliphatic heterocycles. The van der Waals surface area contributed by atoms with Gasteiger partial charge in [-0.25, -0.2) is 13.6 Å². The van der Waals surface area contributed by atoms with Gasteiger partial charge in [0.2, 0.25) is 0 Å². The number of rotatable bonds is 3. The lowest BCUT2D eigenvalue weighted by atomic mass is 9.78. The predicted molar refractivity (Wildman–Crippen MR) is 63.0 cm³/mol. The third kappa shape index (κ3) is 2.57. The molecule has 6 heteroatoms. The lowest BCUT2D eigenvalue weighted by Gasteiger charge is -2.39. The van der Waals surface area contributed by atoms with E-state index in [4.69, 9.17) is 5.11 Å². The first kappa shape index (κ1) is 13.5. The Kier molecular flexibility index (Phi) is 3.26. The lowest BCUT2D eigenvalue weighted by molar-refractivity contribution is 0.0685. The van der Waals surface area contributed by atoms with Crippen LogP contribution in [0.5, 0.6) is 0 Å². The second-order valence-electron chi connectivity index (χ2n) is 4.99. The first-order chi connectivity index (χ1) is 8.82. The Labute approximate surface area is 108 Å². The summed E-state index contributed by atoms with van der Waals surface area (Å²) in [5, 5.41) is 11.6. The van der Waals surface area contributed by atoms with E-state index in [1.54, 1.807) is 0 Å². The summed E-state index contributed by atoms with van der Waals surface area (Å²) in [5.41, 5.74) is -1.29. The van der Waals surface area contributed by atoms with Crippen LogP contribution in [-0.2, 0) is 0 Å². The van der Waals surface area contributed by atoms with Gasteiger partial charge in [-0.2, -0.15) is 0 Å². The summed E-state index contributed by atoms with van der Waals surface area (Å²) < 4.78 is 26.2. The Morgan fingerprint density at radius 1 is 1.21 bits per heavy atom. The summed E-state index contributed by atoms with van der Waals surface area (Å²) in [5.74, 6) is -4.70. The Morgan fingerprint density at radius 3 is 2.16 bits per heavy atom. The third-order valence-corrected chi connectivity index (χ3v) is 3.41. The average Bonchev–Trinajstić information content (AvgIpc) is 2.29. The number of carboxylic acids is 1. The molecule has 0 atom stereocenters. The van der Waals surface area contributed by atoms with Gasteiger partial charge in [0, 0.05) is 5.54 Å². The van der Waals surface area contributed by atoms with Crippen LogP contribution in [0.4, 0.5) is 8.78 Å². The fourth-order valence-electron chi connectivity index (χ4n) is 2.09. The largest absolute Gasteiger partial charge is 0.478 e. The standard InChI is InChI=1S/C13H13F2NO3/c1-13(3-2-4-13)16-11(17)7-5-9(14)10(15)6-8(7)12(18)19/h5-6H,2-4H2,1H3,(H,16,17)(H,18,19). The molecular weight excluding hydrogens is 256 g/mol. The summed E-state index contributed by atoms with van der Waals surface area (Å²) in [6.07, 6.45) is 2.54. The van der Waals surface area contributed by atoms with E-state index >= 15 is 0 Å². The number of carbonyl (C=O) groups excluding carboxylic acids is 1. The van der Waals surface area contributed by atoms with Gasteiger partial charge in [-0.05, 0) is 38.3 Å². The van der Waals surface area contributed by atoms with Crippen LogP contribution in [0.1, 0.15) is 46.9 Å². The highest BCUT2D eigenvalue weighted by Gasteiger charge is 2.34. The van der Waals surface area contributed by atoms with Crippen molar-refractivity contribution in [2.45, 2.75) is 31.7 Å². The zero-order valence-electron chi connectivity index (χ0n) is 10.3. The van der Waals surface area contributed by atoms with Crippen LogP contribution in [0.15, 0.2) is 12.1 Å². The van der Waals surface area contributed by atoms with Crippen molar-refractivity contribution in [1.82, 2.24) is 5.32 Å². The first-order valence-electron chi connectivity index (χ1n) is 5.87. The SMILES string of the molecule is CC1(NC(=O)c2cc(F)c(F)cc2C(=O)O)CCC1. The van der Waals surface area contributed by atoms with Crippen molar-refractivity contribution in [2.24, 2.45) is 0 Å². The van der Waals surface area contributed by atoms with Crippen molar-refractivity contribution >= 4 is 11.9 Å². The van der Waals surface area contributed by atoms with Gasteiger partial charge in [-0.3, -0.25) is 4.79 Å². The van der Waals surface area contributed by atoms with E-state index in [1.165, 1.54) is 0 Å². The molecule has 0 unspecified atom stereocenters. The van der Waals surface area contributed by atoms with Crippen LogP contribution in [0, 0.1) is 11.6 Å². The molecule has 1 saturated carbocycles. The predicted octanol–water partition coefficient (Wildman–Crippen LogP) is 2.34. The molecule has 2 N–H and O–H groups in total. The molecule has 1 aliphatic rings. The topological polar surface area (TPSA) is 66.4 Å². The van der Waals surface area contributed by atoms with Gasteiger partial charge < -0.3 is 10.4 Å². The minimum absolute atomic E-state index is 0.362. The molecule has 1 aliphatic carbocycles. The van der Waals surface area contributed by atoms with Crippen molar-refractivity contribution in [3.63, 3.8) is 0 Å². The van der Waals surface area contributed by atoms with E-state index in [2.05, 4.69) is 5.32 Å². The Hall–Kier alpha value is -1.98. The number of benzene rings is 1. The van der Waals surface area contributed by atoms with Crippen LogP contribution >= 0.6 is 0 Å². The van der Waals surface area contributed by atoms with E-state index in [1.807, 2.05) is 6.92 Å². The highest BCUT2D eigenvalue weighted by molar-refractivity contribution is 6.05. The first-order valence-corrected chi connectivity index (χ1v) is 5.87. The highest BCUT2D eigenvalue weighted by atomic mass is 19.2. The van der Waals surface area contributed by atoms with E-state index in [0.29, 0.717) is 12.1 Å². The number of carboxylic acid groups (broad SMARTS) is 1. The maximum atomic E-state index is 13.2. The molecule has 19 heavy (non-hydrogen) atoms. The minimum Gasteiger partial charge on any atom is -0.478 e. The maximum Gasteiger partial charge on any atom is 0.336 e. The fraction of sp³-hybridized carbons (Fsp3) is 0.385. The van der Waals surface area contributed by atoms with Crippen LogP contribution < -0.4 is 5.32 Å². The second-order valence-corrected chi connectivity index (χ2v) is 4.99. The molecule has 0 aromatic heterocycles. The molecule has 1 fully saturated rings. The van der Waals surface area contributed by atoms with E-state index < -0.39 is 34.6 Å². The summed E-state index contributed by atoms with van der Waals surface area (Å²) in [6, 6.07) is 1.14. The number of halogens is 2. The van der Waals surface area contributed by atoms with Crippen molar-refractivity contribution in [2.75, 3.05) is 0 Å². The number of amides is 1. The molecule has 0 saturated heterocycles. The van der Waals surface area contributed by atoms with Gasteiger partial charge in [0.05, 0.1) is 11.1 Å². The summed E-state index contributed by atoms with van der Waals surface area (Å²) >= 11 is 0. The average molecular weight is 269 g/mol. The fourth-order valence-corrected chi connectivity index (χ4v) is 2.09. The van der Waals surface area contributed by atoms with Gasteiger partial charge in [-0.1, -0.05) is 0 Å². The van der Waals surface area contributed by atoms with E-state index in [9.17, 15) is 18.4 Å². The maximum absolute atomic E-state index is 13.2. The van der Waals surface area contributed by atoms with Gasteiger partial charge in [0.25, 0.3) is 5.91 Å². The minimum atomic E-state index is -1.47. The number of aromatic carboxylic acids is 1. The summed E-state index contributed by atoms with van der Waals surface area (Å²) in [6.45, 7) is 1.83. The number of hydrogen-bond acceptors (Lipinski definition) is 2. The van der Waals surface area contributed by atoms with Gasteiger partial charge in [-0.15, -0.1) is 0 Å². The van der Waals surface area contributed by atoms with Crippen LogP contribution in [0.25, 0.3) is 0 Å². The third-order valence-electron chi connectivity index (χ3n) is 3.41. The molecule has 0 spiro atoms. The second kappa shape index (κ2) is 4.60. The molecule has 102 valence electrons. The molecule has 1 aromatic rings. The van der Waals surface area contributed by atoms with Crippen molar-refractivity contribution in [3.05, 3.63) is 34.9 Å². The molecule has 0 radical (unpaired) electrons. The summed E-state index contributed by atoms with van der Waals surface area (Å²) in [4.78, 5) is 22.9. The highest BCUT2D eigenvalue weighted by Crippen LogP contribution is 2.31. The summed E-state index contributed by atoms with van der Waals surface area (Å²) in [7, 11) is 0. The quantitative estimate of drug-likeness (QED) is 0.885. The number of carbonyl (C=O) groups is 2. The van der Waals surface area contributed by atoms with Gasteiger partial charge in [0.15, 0.2) is 11.6 Å². The Bertz CT molecular complexity index is 553. The van der Waals surface area contributed by atoms with E-state index in [0.717, 1.165) is 19.3 Å². The van der Waals surface area contributed by atoms with Gasteiger partial charge >= 0.3 is 5.97 Å². The molecule has 0 bridgehead atoms. The van der Waals surface area contributed by atoms with Crippen LogP contribution in [0.2, 0.25) is 0 Å². The normalized spacial score (nSPS) is 16.6. The van der Waals surface area contributed by atoms with Crippen molar-refractivity contribution < 1.29 is 23.5 Å². The lowest BCUT2D eigenvalue weighted by Crippen LogP contribution is -2.51. The molecule has 1 aromatic carbocycles. The Morgan fingerprint density at radius 2 is 1.74 bits per heavy atom. The van der Waals surface area contributed by atoms with Gasteiger partial charge in [0.1, 0.15) is 0 Å². The van der Waals surface area contributed by atoms with E-state index in [-0.39, 0.29) is 5.56 Å². The molecular formula is C13H13F2NO3. The van der Waals surface area contributed by atoms with Crippen molar-refractivity contribution in [3.8, 4) is 0 Å². The zero-order valence-corrected chi connectivity index (χ0v) is 10.3. The Balaban J connectivity index is 2.34. The monoisotopic (exact) mass is 269 g/mol. The molecule has 1 amide bonds. The van der Waals surface area contributed by atoms with Crippen LogP contribution in [0.3, 0.4) is 0 Å².